The summed E-state index contributed by atoms with van der Waals surface area (Å²) < 4.78 is 79.0. The minimum Gasteiger partial charge on any atom is -0.512 e. The van der Waals surface area contributed by atoms with E-state index in [1.807, 2.05) is 24.4 Å². The Labute approximate surface area is 341 Å². The number of hydrogen-bond acceptors (Lipinski definition) is 5. The van der Waals surface area contributed by atoms with Gasteiger partial charge in [-0.05, 0) is 60.7 Å². The molecule has 55 heavy (non-hydrogen) atoms. The Morgan fingerprint density at radius 3 is 2.02 bits per heavy atom. The minimum atomic E-state index is -4.61. The standard InChI is InChI=1S/C33H33F3NS2.C10H15F3O2.Ir/c1-19(2)27-24-14-15-37-28(21-16-20-10-8-9-11-23(20)25(17-21)31(3,4)5)29(24)39-30(27)26-13-12-22(38-26)18-32(6,7)33(34,35)36;1-6(2)7(14)5-8(15)9(3,4)10(11,12)13;/h8-15,17,19H,18H2,1-7H3;5-6,14H,1-4H3;/q-1;;/b;7-5-;. The second kappa shape index (κ2) is 16.8. The molecule has 1 radical (unpaired) electrons. The molecule has 301 valence electrons. The fraction of sp³-hybridized carbons (Fsp3) is 0.442. The van der Waals surface area contributed by atoms with Crippen LogP contribution in [0.25, 0.3) is 41.9 Å². The van der Waals surface area contributed by atoms with Gasteiger partial charge in [0.05, 0.1) is 11.2 Å². The molecular weight excluding hydrogens is 933 g/mol. The van der Waals surface area contributed by atoms with Gasteiger partial charge in [-0.25, -0.2) is 0 Å². The number of hydrogen-bond donors (Lipinski definition) is 1. The Hall–Kier alpha value is -3.05. The molecule has 0 saturated heterocycles. The molecule has 0 amide bonds. The van der Waals surface area contributed by atoms with E-state index in [4.69, 9.17) is 4.98 Å². The maximum absolute atomic E-state index is 13.6. The Balaban J connectivity index is 0.000000433. The molecular formula is C43H48F6IrNO2S2-. The van der Waals surface area contributed by atoms with E-state index >= 15 is 0 Å². The number of aliphatic hydroxyl groups excluding tert-OH is 1. The maximum Gasteiger partial charge on any atom is 0.401 e. The van der Waals surface area contributed by atoms with Crippen molar-refractivity contribution < 1.29 is 56.3 Å². The van der Waals surface area contributed by atoms with Crippen LogP contribution in [0.3, 0.4) is 0 Å². The van der Waals surface area contributed by atoms with Crippen molar-refractivity contribution in [3.63, 3.8) is 0 Å². The fourth-order valence-corrected chi connectivity index (χ4v) is 8.54. The van der Waals surface area contributed by atoms with Crippen LogP contribution in [0, 0.1) is 22.8 Å². The number of thiophene rings is 2. The number of carbonyl (C=O) groups excluding carboxylic acids is 1. The normalized spacial score (nSPS) is 13.3. The minimum absolute atomic E-state index is 0. The number of allylic oxidation sites excluding steroid dienone is 2. The summed E-state index contributed by atoms with van der Waals surface area (Å²) in [5, 5.41) is 12.6. The summed E-state index contributed by atoms with van der Waals surface area (Å²) in [5.74, 6) is -1.59. The van der Waals surface area contributed by atoms with Crippen LogP contribution >= 0.6 is 22.7 Å². The monoisotopic (exact) mass is 981 g/mol. The number of pyridine rings is 1. The third-order valence-electron chi connectivity index (χ3n) is 9.52. The van der Waals surface area contributed by atoms with Crippen molar-refractivity contribution >= 4 is 49.3 Å². The number of fused-ring (bicyclic) bond motifs is 2. The first-order valence-electron chi connectivity index (χ1n) is 17.7. The number of carbonyl (C=O) groups is 1. The van der Waals surface area contributed by atoms with Gasteiger partial charge in [0.25, 0.3) is 0 Å². The van der Waals surface area contributed by atoms with Crippen LogP contribution in [-0.2, 0) is 36.7 Å². The Kier molecular flexibility index (Phi) is 14.2. The van der Waals surface area contributed by atoms with Gasteiger partial charge in [-0.15, -0.1) is 51.8 Å². The molecule has 5 rings (SSSR count). The largest absolute Gasteiger partial charge is 0.512 e. The quantitative estimate of drug-likeness (QED) is 0.0729. The number of nitrogens with zero attached hydrogens (tertiary/aromatic N) is 1. The Morgan fingerprint density at radius 1 is 0.855 bits per heavy atom. The summed E-state index contributed by atoms with van der Waals surface area (Å²) in [6, 6.07) is 20.1. The van der Waals surface area contributed by atoms with Crippen molar-refractivity contribution in [1.82, 2.24) is 4.98 Å². The molecule has 3 aromatic heterocycles. The van der Waals surface area contributed by atoms with Crippen molar-refractivity contribution in [2.24, 2.45) is 16.7 Å². The number of aromatic nitrogens is 1. The van der Waals surface area contributed by atoms with E-state index in [-0.39, 0.29) is 49.5 Å². The zero-order valence-electron chi connectivity index (χ0n) is 32.9. The molecule has 12 heteroatoms. The van der Waals surface area contributed by atoms with Crippen molar-refractivity contribution in [2.45, 2.75) is 106 Å². The summed E-state index contributed by atoms with van der Waals surface area (Å²) >= 11 is 3.16. The summed E-state index contributed by atoms with van der Waals surface area (Å²) in [7, 11) is 0. The first-order chi connectivity index (χ1) is 24.7. The van der Waals surface area contributed by atoms with E-state index in [0.29, 0.717) is 6.08 Å². The van der Waals surface area contributed by atoms with Crippen LogP contribution in [0.2, 0.25) is 0 Å². The van der Waals surface area contributed by atoms with Gasteiger partial charge >= 0.3 is 12.4 Å². The fourth-order valence-electron chi connectivity index (χ4n) is 5.72. The predicted octanol–water partition coefficient (Wildman–Crippen LogP) is 14.4. The average molecular weight is 981 g/mol. The number of halogens is 6. The summed E-state index contributed by atoms with van der Waals surface area (Å²) in [6.45, 7) is 18.3. The van der Waals surface area contributed by atoms with Crippen LogP contribution < -0.4 is 0 Å². The van der Waals surface area contributed by atoms with Crippen LogP contribution in [0.4, 0.5) is 26.3 Å². The number of alkyl halides is 6. The van der Waals surface area contributed by atoms with E-state index in [1.165, 1.54) is 41.7 Å². The molecule has 0 atom stereocenters. The van der Waals surface area contributed by atoms with Gasteiger partial charge in [0.2, 0.25) is 0 Å². The zero-order chi connectivity index (χ0) is 40.8. The van der Waals surface area contributed by atoms with Crippen molar-refractivity contribution in [1.29, 1.82) is 0 Å². The first-order valence-corrected chi connectivity index (χ1v) is 19.4. The first kappa shape index (κ1) is 46.3. The molecule has 5 aromatic rings. The molecule has 0 unspecified atom stereocenters. The molecule has 0 spiro atoms. The van der Waals surface area contributed by atoms with Gasteiger partial charge in [0.1, 0.15) is 5.41 Å². The summed E-state index contributed by atoms with van der Waals surface area (Å²) in [5.41, 5.74) is 0.0435. The van der Waals surface area contributed by atoms with Crippen LogP contribution in [0.1, 0.15) is 98.1 Å². The molecule has 0 bridgehead atoms. The van der Waals surface area contributed by atoms with E-state index < -0.39 is 29.0 Å². The molecule has 3 heterocycles. The van der Waals surface area contributed by atoms with Gasteiger partial charge in [0.15, 0.2) is 5.78 Å². The topological polar surface area (TPSA) is 50.2 Å². The smallest absolute Gasteiger partial charge is 0.401 e. The Bertz CT molecular complexity index is 2170. The van der Waals surface area contributed by atoms with Crippen molar-refractivity contribution in [3.05, 3.63) is 88.6 Å². The third kappa shape index (κ3) is 10.1. The molecule has 1 N–H and O–H groups in total. The second-order valence-corrected chi connectivity index (χ2v) is 18.7. The summed E-state index contributed by atoms with van der Waals surface area (Å²) in [6.07, 6.45) is -6.38. The van der Waals surface area contributed by atoms with Crippen LogP contribution in [-0.4, -0.2) is 28.2 Å². The van der Waals surface area contributed by atoms with Crippen LogP contribution in [0.15, 0.2) is 66.6 Å². The Morgan fingerprint density at radius 2 is 1.47 bits per heavy atom. The van der Waals surface area contributed by atoms with Gasteiger partial charge < -0.3 is 5.11 Å². The third-order valence-corrected chi connectivity index (χ3v) is 12.0. The van der Waals surface area contributed by atoms with Crippen molar-refractivity contribution in [3.8, 4) is 21.0 Å². The number of aliphatic hydroxyl groups is 1. The van der Waals surface area contributed by atoms with E-state index in [9.17, 15) is 36.2 Å². The number of ketones is 1. The molecule has 0 aliphatic carbocycles. The maximum atomic E-state index is 13.6. The number of rotatable bonds is 8. The zero-order valence-corrected chi connectivity index (χ0v) is 36.9. The molecule has 2 aromatic carbocycles. The van der Waals surface area contributed by atoms with E-state index in [0.717, 1.165) is 55.2 Å². The predicted molar refractivity (Wildman–Crippen MR) is 211 cm³/mol. The number of benzene rings is 2. The van der Waals surface area contributed by atoms with Gasteiger partial charge in [-0.2, -0.15) is 26.3 Å². The van der Waals surface area contributed by atoms with Gasteiger partial charge in [-0.1, -0.05) is 91.5 Å². The molecule has 0 fully saturated rings. The van der Waals surface area contributed by atoms with E-state index in [1.54, 1.807) is 25.2 Å². The second-order valence-electron chi connectivity index (χ2n) is 16.5. The van der Waals surface area contributed by atoms with Crippen LogP contribution in [0.5, 0.6) is 0 Å². The molecule has 0 aliphatic heterocycles. The SMILES string of the molecule is CC(C)/C(O)=C/C(=O)C(C)(C)C(F)(F)F.CC(C)c1c(-c2ccc(CC(C)(C)C(F)(F)F)s2)sc2c(-c3[c-]c4ccccc4c(C(C)(C)C)c3)nccc12.[Ir]. The van der Waals surface area contributed by atoms with Gasteiger partial charge in [0, 0.05) is 63.3 Å². The van der Waals surface area contributed by atoms with Crippen molar-refractivity contribution in [2.75, 3.05) is 0 Å². The molecule has 0 saturated carbocycles. The average Bonchev–Trinajstić information content (AvgIpc) is 3.67. The molecule has 0 aliphatic rings. The van der Waals surface area contributed by atoms with Gasteiger partial charge in [-0.3, -0.25) is 9.78 Å². The van der Waals surface area contributed by atoms with E-state index in [2.05, 4.69) is 71.0 Å². The molecule has 3 nitrogen and oxygen atoms in total. The summed E-state index contributed by atoms with van der Waals surface area (Å²) in [4.78, 5) is 19.0.